The van der Waals surface area contributed by atoms with E-state index in [0.717, 1.165) is 18.7 Å². The molecule has 1 unspecified atom stereocenters. The average molecular weight is 707 g/mol. The number of aliphatic hydroxyl groups is 2. The van der Waals surface area contributed by atoms with Crippen LogP contribution in [0.4, 0.5) is 5.82 Å². The van der Waals surface area contributed by atoms with Crippen molar-refractivity contribution in [2.24, 2.45) is 16.8 Å². The highest BCUT2D eigenvalue weighted by Crippen LogP contribution is 2.51. The third kappa shape index (κ3) is 7.92. The van der Waals surface area contributed by atoms with Crippen molar-refractivity contribution in [2.75, 3.05) is 27.3 Å². The molecule has 0 saturated carbocycles. The lowest BCUT2D eigenvalue weighted by Gasteiger charge is -2.43. The molecule has 0 spiro atoms. The van der Waals surface area contributed by atoms with E-state index in [1.54, 1.807) is 33.7 Å². The van der Waals surface area contributed by atoms with Crippen molar-refractivity contribution in [3.63, 3.8) is 0 Å². The molecule has 4 aromatic rings. The summed E-state index contributed by atoms with van der Waals surface area (Å²) in [6.45, 7) is 11.9. The first kappa shape index (κ1) is 38.3. The van der Waals surface area contributed by atoms with Gasteiger partial charge in [0.2, 0.25) is 0 Å². The monoisotopic (exact) mass is 706 g/mol. The van der Waals surface area contributed by atoms with Gasteiger partial charge in [0.25, 0.3) is 0 Å². The summed E-state index contributed by atoms with van der Waals surface area (Å²) in [5, 5.41) is 24.6. The van der Waals surface area contributed by atoms with E-state index in [1.807, 2.05) is 78.9 Å². The van der Waals surface area contributed by atoms with Crippen molar-refractivity contribution in [1.82, 2.24) is 14.5 Å². The van der Waals surface area contributed by atoms with Gasteiger partial charge in [-0.25, -0.2) is 9.79 Å². The van der Waals surface area contributed by atoms with E-state index < -0.39 is 35.6 Å². The van der Waals surface area contributed by atoms with Gasteiger partial charge in [-0.3, -0.25) is 4.57 Å². The van der Waals surface area contributed by atoms with Crippen molar-refractivity contribution in [3.8, 4) is 23.3 Å². The lowest BCUT2D eigenvalue weighted by molar-refractivity contribution is -0.0979. The third-order valence-electron chi connectivity index (χ3n) is 9.23. The van der Waals surface area contributed by atoms with Gasteiger partial charge in [-0.15, -0.1) is 5.92 Å². The Labute approximate surface area is 306 Å². The predicted molar refractivity (Wildman–Crippen MR) is 203 cm³/mol. The molecule has 0 aliphatic carbocycles. The summed E-state index contributed by atoms with van der Waals surface area (Å²) in [5.74, 6) is 8.03. The van der Waals surface area contributed by atoms with Crippen LogP contribution in [0.2, 0.25) is 0 Å². The minimum atomic E-state index is -1.40. The summed E-state index contributed by atoms with van der Waals surface area (Å²) in [7, 11) is 3.16. The summed E-state index contributed by atoms with van der Waals surface area (Å²) in [5.41, 5.74) is 0.483. The molecule has 5 rings (SSSR count). The Balaban J connectivity index is 1.60. The van der Waals surface area contributed by atoms with Crippen LogP contribution in [0.5, 0.6) is 11.5 Å². The standard InChI is InChI=1S/C42H50N4O6/c1-8-16-30-26-46(41(49)44-40(30)43-27-45(24-28(2)3)25-29(4)5)37-23-34(47)38(52-37)39(48)42(31-17-10-9-11-18-31,32-19-12-14-21-35(32)50-6)33-20-13-15-22-36(33)51-7/h9-15,17-22,26-29,34,37-39,47-48H,23-25H2,1-7H3/b43-27-/t34-,37+,38-,39?/m0/s1. The fourth-order valence-corrected chi connectivity index (χ4v) is 7.20. The molecule has 0 radical (unpaired) electrons. The molecule has 274 valence electrons. The molecule has 3 aromatic carbocycles. The molecule has 0 bridgehead atoms. The maximum Gasteiger partial charge on any atom is 0.351 e. The normalized spacial score (nSPS) is 18.0. The van der Waals surface area contributed by atoms with Crippen molar-refractivity contribution in [2.45, 2.75) is 71.0 Å². The van der Waals surface area contributed by atoms with Gasteiger partial charge in [0.05, 0.1) is 37.6 Å². The number of nitrogens with zero attached hydrogens (tertiary/aromatic N) is 4. The molecule has 1 fully saturated rings. The van der Waals surface area contributed by atoms with Crippen LogP contribution in [0.15, 0.2) is 94.8 Å². The number of benzene rings is 3. The number of hydrogen-bond acceptors (Lipinski definition) is 8. The van der Waals surface area contributed by atoms with E-state index in [9.17, 15) is 15.0 Å². The minimum Gasteiger partial charge on any atom is -0.496 e. The van der Waals surface area contributed by atoms with Gasteiger partial charge in [0.1, 0.15) is 29.9 Å². The second-order valence-corrected chi connectivity index (χ2v) is 13.9. The van der Waals surface area contributed by atoms with Crippen LogP contribution in [0.1, 0.15) is 69.5 Å². The van der Waals surface area contributed by atoms with Crippen LogP contribution in [-0.4, -0.2) is 76.6 Å². The number of aliphatic hydroxyl groups excluding tert-OH is 2. The first-order valence-electron chi connectivity index (χ1n) is 17.7. The van der Waals surface area contributed by atoms with Crippen LogP contribution in [0.3, 0.4) is 0 Å². The molecule has 4 atom stereocenters. The number of aromatic nitrogens is 2. The van der Waals surface area contributed by atoms with Gasteiger partial charge < -0.3 is 29.3 Å². The van der Waals surface area contributed by atoms with Gasteiger partial charge in [-0.2, -0.15) is 4.98 Å². The zero-order valence-corrected chi connectivity index (χ0v) is 31.1. The molecule has 1 aromatic heterocycles. The maximum atomic E-state index is 13.7. The summed E-state index contributed by atoms with van der Waals surface area (Å²) in [6.07, 6.45) is -1.36. The van der Waals surface area contributed by atoms with Gasteiger partial charge in [-0.1, -0.05) is 100 Å². The zero-order chi connectivity index (χ0) is 37.4. The highest BCUT2D eigenvalue weighted by atomic mass is 16.5. The summed E-state index contributed by atoms with van der Waals surface area (Å²) in [6, 6.07) is 24.5. The molecule has 10 heteroatoms. The van der Waals surface area contributed by atoms with Crippen LogP contribution in [0, 0.1) is 23.7 Å². The number of methoxy groups -OCH3 is 2. The first-order chi connectivity index (χ1) is 25.0. The molecule has 1 aliphatic heterocycles. The van der Waals surface area contributed by atoms with Crippen LogP contribution >= 0.6 is 0 Å². The van der Waals surface area contributed by atoms with Crippen LogP contribution < -0.4 is 15.2 Å². The molecule has 1 saturated heterocycles. The highest BCUT2D eigenvalue weighted by Gasteiger charge is 2.54. The van der Waals surface area contributed by atoms with Crippen LogP contribution in [-0.2, 0) is 10.2 Å². The molecule has 0 amide bonds. The Hall–Kier alpha value is -4.95. The molecule has 2 heterocycles. The van der Waals surface area contributed by atoms with Crippen molar-refractivity contribution in [1.29, 1.82) is 0 Å². The van der Waals surface area contributed by atoms with E-state index in [1.165, 1.54) is 4.57 Å². The van der Waals surface area contributed by atoms with Crippen molar-refractivity contribution in [3.05, 3.63) is 118 Å². The predicted octanol–water partition coefficient (Wildman–Crippen LogP) is 5.95. The Bertz CT molecular complexity index is 1890. The topological polar surface area (TPSA) is 119 Å². The van der Waals surface area contributed by atoms with Gasteiger partial charge in [-0.05, 0) is 36.5 Å². The highest BCUT2D eigenvalue weighted by molar-refractivity contribution is 5.63. The minimum absolute atomic E-state index is 0.0181. The lowest BCUT2D eigenvalue weighted by atomic mass is 9.63. The first-order valence-corrected chi connectivity index (χ1v) is 17.7. The molecule has 10 nitrogen and oxygen atoms in total. The summed E-state index contributed by atoms with van der Waals surface area (Å²) in [4.78, 5) is 24.7. The number of hydrogen-bond donors (Lipinski definition) is 2. The summed E-state index contributed by atoms with van der Waals surface area (Å²) < 4.78 is 19.6. The fraction of sp³-hybridized carbons (Fsp3) is 0.405. The number of aliphatic imine (C=N–C) groups is 1. The van der Waals surface area contributed by atoms with Gasteiger partial charge in [0.15, 0.2) is 5.82 Å². The van der Waals surface area contributed by atoms with Crippen LogP contribution in [0.25, 0.3) is 0 Å². The largest absolute Gasteiger partial charge is 0.496 e. The third-order valence-corrected chi connectivity index (χ3v) is 9.23. The molecule has 2 N–H and O–H groups in total. The smallest absolute Gasteiger partial charge is 0.351 e. The molecular formula is C42H50N4O6. The number of para-hydroxylation sites is 2. The Morgan fingerprint density at radius 1 is 0.962 bits per heavy atom. The van der Waals surface area contributed by atoms with Crippen molar-refractivity contribution >= 4 is 12.2 Å². The fourth-order valence-electron chi connectivity index (χ4n) is 7.20. The maximum absolute atomic E-state index is 13.7. The quantitative estimate of drug-likeness (QED) is 0.0716. The van der Waals surface area contributed by atoms with E-state index >= 15 is 0 Å². The molecule has 1 aliphatic rings. The van der Waals surface area contributed by atoms with E-state index in [-0.39, 0.29) is 12.2 Å². The Morgan fingerprint density at radius 2 is 1.52 bits per heavy atom. The summed E-state index contributed by atoms with van der Waals surface area (Å²) >= 11 is 0. The zero-order valence-electron chi connectivity index (χ0n) is 31.1. The Morgan fingerprint density at radius 3 is 2.06 bits per heavy atom. The second kappa shape index (κ2) is 17.0. The molecular weight excluding hydrogens is 656 g/mol. The van der Waals surface area contributed by atoms with E-state index in [0.29, 0.717) is 40.0 Å². The van der Waals surface area contributed by atoms with Crippen molar-refractivity contribution < 1.29 is 24.4 Å². The van der Waals surface area contributed by atoms with Gasteiger partial charge in [0, 0.05) is 36.8 Å². The average Bonchev–Trinajstić information content (AvgIpc) is 3.53. The van der Waals surface area contributed by atoms with E-state index in [2.05, 4.69) is 54.4 Å². The molecule has 52 heavy (non-hydrogen) atoms. The van der Waals surface area contributed by atoms with Gasteiger partial charge >= 0.3 is 5.69 Å². The lowest BCUT2D eigenvalue weighted by Crippen LogP contribution is -2.51. The number of rotatable bonds is 14. The second-order valence-electron chi connectivity index (χ2n) is 13.9. The number of ether oxygens (including phenoxy) is 3. The Kier molecular flexibility index (Phi) is 12.5. The van der Waals surface area contributed by atoms with E-state index in [4.69, 9.17) is 14.2 Å². The SMILES string of the molecule is CC#Cc1cn([C@H]2C[C@H](O)[C@@H](C(O)C(c3ccccc3)(c3ccccc3OC)c3ccccc3OC)O2)c(=O)nc1/N=C\N(CC(C)C)CC(C)C.